The normalized spacial score (nSPS) is 15.2. The fourth-order valence-corrected chi connectivity index (χ4v) is 4.17. The Morgan fingerprint density at radius 1 is 1.09 bits per heavy atom. The molecule has 8 nitrogen and oxygen atoms in total. The van der Waals surface area contributed by atoms with Crippen LogP contribution in [0, 0.1) is 17.2 Å². The Hall–Kier alpha value is -3.99. The van der Waals surface area contributed by atoms with Crippen molar-refractivity contribution in [3.8, 4) is 11.8 Å². The molecule has 1 atom stereocenters. The summed E-state index contributed by atoms with van der Waals surface area (Å²) in [5.74, 6) is 0.782. The predicted octanol–water partition coefficient (Wildman–Crippen LogP) is 3.08. The number of urea groups is 1. The zero-order valence-corrected chi connectivity index (χ0v) is 18.6. The van der Waals surface area contributed by atoms with Crippen molar-refractivity contribution >= 4 is 17.5 Å². The van der Waals surface area contributed by atoms with Crippen molar-refractivity contribution in [3.63, 3.8) is 0 Å². The number of rotatable bonds is 8. The number of carbonyl (C=O) groups excluding carboxylic acids is 1. The number of hydrogen-bond donors (Lipinski definition) is 3. The minimum atomic E-state index is -0.164. The lowest BCUT2D eigenvalue weighted by Gasteiger charge is -2.18. The molecule has 2 heterocycles. The molecule has 0 bridgehead atoms. The highest BCUT2D eigenvalue weighted by Gasteiger charge is 2.23. The van der Waals surface area contributed by atoms with E-state index in [2.05, 4.69) is 38.8 Å². The standard InChI is InChI=1S/C25H29N7O/c26-16-22-23(30-32(24(22)27)21-10-5-2-6-11-21)12-7-14-28-25(33)29-17-19-13-15-31(18-19)20-8-3-1-4-9-20/h1-6,8-11,19H,7,12-15,17-18,27H2,(H2,28,29,33). The van der Waals surface area contributed by atoms with Gasteiger partial charge < -0.3 is 21.3 Å². The second kappa shape index (κ2) is 10.6. The summed E-state index contributed by atoms with van der Waals surface area (Å²) in [4.78, 5) is 14.6. The van der Waals surface area contributed by atoms with Crippen LogP contribution in [0.1, 0.15) is 24.1 Å². The molecule has 1 fully saturated rings. The SMILES string of the molecule is N#Cc1c(CCCNC(=O)NCC2CCN(c3ccccc3)C2)nn(-c2ccccc2)c1N. The Kier molecular flexibility index (Phi) is 7.10. The van der Waals surface area contributed by atoms with Gasteiger partial charge in [0.25, 0.3) is 0 Å². The zero-order valence-electron chi connectivity index (χ0n) is 18.6. The van der Waals surface area contributed by atoms with E-state index in [-0.39, 0.29) is 6.03 Å². The van der Waals surface area contributed by atoms with E-state index in [1.54, 1.807) is 4.68 Å². The summed E-state index contributed by atoms with van der Waals surface area (Å²) in [6.45, 7) is 3.12. The average Bonchev–Trinajstić information content (AvgIpc) is 3.46. The van der Waals surface area contributed by atoms with E-state index in [1.165, 1.54) is 5.69 Å². The maximum Gasteiger partial charge on any atom is 0.314 e. The number of nitrogens with zero attached hydrogens (tertiary/aromatic N) is 4. The summed E-state index contributed by atoms with van der Waals surface area (Å²) in [6.07, 6.45) is 2.29. The van der Waals surface area contributed by atoms with Gasteiger partial charge in [0.1, 0.15) is 17.5 Å². The highest BCUT2D eigenvalue weighted by molar-refractivity contribution is 5.73. The lowest BCUT2D eigenvalue weighted by molar-refractivity contribution is 0.239. The number of nitrogens with two attached hydrogens (primary N) is 1. The lowest BCUT2D eigenvalue weighted by Crippen LogP contribution is -2.39. The number of nitrogen functional groups attached to an aromatic ring is 1. The predicted molar refractivity (Wildman–Crippen MR) is 129 cm³/mol. The van der Waals surface area contributed by atoms with Gasteiger partial charge in [0.15, 0.2) is 0 Å². The minimum absolute atomic E-state index is 0.164. The van der Waals surface area contributed by atoms with Crippen LogP contribution in [0.2, 0.25) is 0 Å². The summed E-state index contributed by atoms with van der Waals surface area (Å²) in [6, 6.07) is 21.9. The van der Waals surface area contributed by atoms with Crippen molar-refractivity contribution in [2.24, 2.45) is 5.92 Å². The van der Waals surface area contributed by atoms with Gasteiger partial charge in [-0.2, -0.15) is 10.4 Å². The Morgan fingerprint density at radius 2 is 1.79 bits per heavy atom. The summed E-state index contributed by atoms with van der Waals surface area (Å²) in [5.41, 5.74) is 9.23. The molecule has 170 valence electrons. The third-order valence-electron chi connectivity index (χ3n) is 5.94. The van der Waals surface area contributed by atoms with E-state index in [0.29, 0.717) is 48.9 Å². The molecule has 1 saturated heterocycles. The first kappa shape index (κ1) is 22.2. The van der Waals surface area contributed by atoms with Gasteiger partial charge in [0, 0.05) is 31.9 Å². The van der Waals surface area contributed by atoms with E-state index >= 15 is 0 Å². The Labute approximate surface area is 194 Å². The molecule has 33 heavy (non-hydrogen) atoms. The average molecular weight is 444 g/mol. The number of aryl methyl sites for hydroxylation is 1. The van der Waals surface area contributed by atoms with E-state index in [0.717, 1.165) is 25.2 Å². The molecular formula is C25H29N7O. The number of carbonyl (C=O) groups is 1. The van der Waals surface area contributed by atoms with E-state index in [1.807, 2.05) is 48.5 Å². The van der Waals surface area contributed by atoms with Crippen LogP contribution in [-0.4, -0.2) is 42.0 Å². The smallest absolute Gasteiger partial charge is 0.314 e. The van der Waals surface area contributed by atoms with Gasteiger partial charge in [0.2, 0.25) is 0 Å². The fourth-order valence-electron chi connectivity index (χ4n) is 4.17. The van der Waals surface area contributed by atoms with Gasteiger partial charge in [-0.05, 0) is 49.4 Å². The van der Waals surface area contributed by atoms with Crippen LogP contribution < -0.4 is 21.3 Å². The van der Waals surface area contributed by atoms with E-state index < -0.39 is 0 Å². The molecule has 4 N–H and O–H groups in total. The molecule has 1 unspecified atom stereocenters. The molecule has 0 aliphatic carbocycles. The van der Waals surface area contributed by atoms with Gasteiger partial charge in [-0.1, -0.05) is 36.4 Å². The van der Waals surface area contributed by atoms with Crippen molar-refractivity contribution in [1.29, 1.82) is 5.26 Å². The van der Waals surface area contributed by atoms with Crippen LogP contribution in [0.5, 0.6) is 0 Å². The van der Waals surface area contributed by atoms with Gasteiger partial charge in [-0.15, -0.1) is 0 Å². The first-order valence-corrected chi connectivity index (χ1v) is 11.3. The lowest BCUT2D eigenvalue weighted by atomic mass is 10.1. The number of para-hydroxylation sites is 2. The van der Waals surface area contributed by atoms with Crippen LogP contribution in [0.15, 0.2) is 60.7 Å². The molecule has 2 aromatic carbocycles. The molecule has 0 saturated carbocycles. The van der Waals surface area contributed by atoms with Crippen molar-refractivity contribution < 1.29 is 4.79 Å². The molecule has 4 rings (SSSR count). The number of benzene rings is 2. The topological polar surface area (TPSA) is 112 Å². The second-order valence-corrected chi connectivity index (χ2v) is 8.24. The molecule has 2 amide bonds. The van der Waals surface area contributed by atoms with Crippen LogP contribution in [0.3, 0.4) is 0 Å². The number of aromatic nitrogens is 2. The molecule has 3 aromatic rings. The zero-order chi connectivity index (χ0) is 23.0. The summed E-state index contributed by atoms with van der Waals surface area (Å²) < 4.78 is 1.59. The number of nitrogens with one attached hydrogen (secondary N) is 2. The van der Waals surface area contributed by atoms with Crippen LogP contribution >= 0.6 is 0 Å². The molecule has 1 aliphatic heterocycles. The number of nitriles is 1. The summed E-state index contributed by atoms with van der Waals surface area (Å²) in [7, 11) is 0. The maximum absolute atomic E-state index is 12.2. The van der Waals surface area contributed by atoms with Crippen LogP contribution in [0.4, 0.5) is 16.3 Å². The largest absolute Gasteiger partial charge is 0.382 e. The number of anilines is 2. The highest BCUT2D eigenvalue weighted by atomic mass is 16.2. The second-order valence-electron chi connectivity index (χ2n) is 8.24. The molecule has 0 spiro atoms. The number of amides is 2. The first-order chi connectivity index (χ1) is 16.2. The number of hydrogen-bond acceptors (Lipinski definition) is 5. The van der Waals surface area contributed by atoms with Crippen LogP contribution in [0.25, 0.3) is 5.69 Å². The van der Waals surface area contributed by atoms with Gasteiger partial charge in [-0.25, -0.2) is 9.48 Å². The van der Waals surface area contributed by atoms with E-state index in [9.17, 15) is 10.1 Å². The Bertz CT molecular complexity index is 1110. The third-order valence-corrected chi connectivity index (χ3v) is 5.94. The Balaban J connectivity index is 1.20. The molecule has 8 heteroatoms. The molecule has 1 aromatic heterocycles. The molecule has 0 radical (unpaired) electrons. The van der Waals surface area contributed by atoms with Crippen molar-refractivity contribution in [2.75, 3.05) is 36.8 Å². The van der Waals surface area contributed by atoms with Crippen LogP contribution in [-0.2, 0) is 6.42 Å². The van der Waals surface area contributed by atoms with Crippen molar-refractivity contribution in [3.05, 3.63) is 71.9 Å². The summed E-state index contributed by atoms with van der Waals surface area (Å²) >= 11 is 0. The maximum atomic E-state index is 12.2. The molecule has 1 aliphatic rings. The quantitative estimate of drug-likeness (QED) is 0.463. The third kappa shape index (κ3) is 5.44. The van der Waals surface area contributed by atoms with Crippen molar-refractivity contribution in [2.45, 2.75) is 19.3 Å². The Morgan fingerprint density at radius 3 is 2.48 bits per heavy atom. The molecular weight excluding hydrogens is 414 g/mol. The van der Waals surface area contributed by atoms with Gasteiger partial charge in [-0.3, -0.25) is 0 Å². The van der Waals surface area contributed by atoms with Gasteiger partial charge in [0.05, 0.1) is 11.4 Å². The van der Waals surface area contributed by atoms with Gasteiger partial charge >= 0.3 is 6.03 Å². The van der Waals surface area contributed by atoms with E-state index in [4.69, 9.17) is 5.73 Å². The summed E-state index contributed by atoms with van der Waals surface area (Å²) in [5, 5.41) is 19.9. The van der Waals surface area contributed by atoms with Crippen molar-refractivity contribution in [1.82, 2.24) is 20.4 Å². The first-order valence-electron chi connectivity index (χ1n) is 11.3. The highest BCUT2D eigenvalue weighted by Crippen LogP contribution is 2.23. The minimum Gasteiger partial charge on any atom is -0.382 e. The monoisotopic (exact) mass is 443 g/mol. The fraction of sp³-hybridized carbons (Fsp3) is 0.320.